The highest BCUT2D eigenvalue weighted by atomic mass is 32.1. The fourth-order valence-corrected chi connectivity index (χ4v) is 2.64. The van der Waals surface area contributed by atoms with Gasteiger partial charge < -0.3 is 4.98 Å². The van der Waals surface area contributed by atoms with E-state index in [0.717, 1.165) is 16.6 Å². The minimum Gasteiger partial charge on any atom is -0.331 e. The van der Waals surface area contributed by atoms with E-state index in [1.165, 1.54) is 11.3 Å². The number of thiophene rings is 1. The Kier molecular flexibility index (Phi) is 3.25. The van der Waals surface area contributed by atoms with Crippen LogP contribution in [-0.2, 0) is 6.54 Å². The molecule has 3 nitrogen and oxygen atoms in total. The summed E-state index contributed by atoms with van der Waals surface area (Å²) in [5.74, 6) is 0.463. The molecule has 0 saturated heterocycles. The molecule has 0 spiro atoms. The largest absolute Gasteiger partial charge is 0.331 e. The molecule has 0 aromatic carbocycles. The van der Waals surface area contributed by atoms with Crippen molar-refractivity contribution in [3.63, 3.8) is 0 Å². The van der Waals surface area contributed by atoms with Crippen molar-refractivity contribution in [2.24, 2.45) is 5.92 Å². The molecule has 2 aromatic rings. The van der Waals surface area contributed by atoms with Crippen molar-refractivity contribution in [1.29, 1.82) is 0 Å². The van der Waals surface area contributed by atoms with Gasteiger partial charge in [0.2, 0.25) is 0 Å². The van der Waals surface area contributed by atoms with Crippen LogP contribution in [0.4, 0.5) is 0 Å². The van der Waals surface area contributed by atoms with Gasteiger partial charge in [-0.05, 0) is 29.6 Å². The Labute approximate surface area is 103 Å². The Morgan fingerprint density at radius 2 is 2.38 bits per heavy atom. The number of aromatic amines is 1. The van der Waals surface area contributed by atoms with Crippen LogP contribution in [0.5, 0.6) is 0 Å². The number of aromatic nitrogens is 2. The second kappa shape index (κ2) is 4.51. The molecule has 0 radical (unpaired) electrons. The number of rotatable bonds is 3. The number of hydrogen-bond donors (Lipinski definition) is 1. The van der Waals surface area contributed by atoms with E-state index in [-0.39, 0.29) is 5.56 Å². The molecule has 0 aliphatic rings. The lowest BCUT2D eigenvalue weighted by molar-refractivity contribution is 0.455. The van der Waals surface area contributed by atoms with Gasteiger partial charge in [0.05, 0.1) is 5.52 Å². The number of nitrogens with one attached hydrogen (secondary N) is 1. The third kappa shape index (κ3) is 1.97. The minimum atomic E-state index is 0.0362. The van der Waals surface area contributed by atoms with Gasteiger partial charge in [0.25, 0.3) is 5.56 Å². The molecule has 0 amide bonds. The predicted molar refractivity (Wildman–Crippen MR) is 70.7 cm³/mol. The van der Waals surface area contributed by atoms with Gasteiger partial charge in [0, 0.05) is 6.54 Å². The van der Waals surface area contributed by atoms with E-state index in [4.69, 9.17) is 12.2 Å². The van der Waals surface area contributed by atoms with Crippen LogP contribution in [0.15, 0.2) is 16.2 Å². The van der Waals surface area contributed by atoms with Gasteiger partial charge >= 0.3 is 0 Å². The molecule has 5 heteroatoms. The zero-order valence-electron chi connectivity index (χ0n) is 9.32. The van der Waals surface area contributed by atoms with Crippen molar-refractivity contribution in [3.8, 4) is 0 Å². The summed E-state index contributed by atoms with van der Waals surface area (Å²) in [5.41, 5.74) is 0.884. The molecule has 1 N–H and O–H groups in total. The van der Waals surface area contributed by atoms with Crippen LogP contribution in [0.1, 0.15) is 20.3 Å². The fourth-order valence-electron chi connectivity index (χ4n) is 1.58. The molecule has 0 saturated carbocycles. The Balaban J connectivity index is 2.60. The van der Waals surface area contributed by atoms with E-state index in [9.17, 15) is 4.79 Å². The van der Waals surface area contributed by atoms with E-state index in [1.54, 1.807) is 4.57 Å². The quantitative estimate of drug-likeness (QED) is 0.854. The topological polar surface area (TPSA) is 37.8 Å². The van der Waals surface area contributed by atoms with E-state index >= 15 is 0 Å². The third-order valence-corrected chi connectivity index (χ3v) is 4.01. The Bertz CT molecular complexity index is 608. The van der Waals surface area contributed by atoms with Crippen molar-refractivity contribution in [2.75, 3.05) is 0 Å². The predicted octanol–water partition coefficient (Wildman–Crippen LogP) is 3.17. The van der Waals surface area contributed by atoms with Gasteiger partial charge in [-0.3, -0.25) is 9.36 Å². The smallest absolute Gasteiger partial charge is 0.272 e. The molecular formula is C11H14N2OS2. The number of hydrogen-bond acceptors (Lipinski definition) is 3. The zero-order valence-corrected chi connectivity index (χ0v) is 11.0. The number of nitrogens with zero attached hydrogens (tertiary/aromatic N) is 1. The summed E-state index contributed by atoms with van der Waals surface area (Å²) < 4.78 is 2.95. The van der Waals surface area contributed by atoms with E-state index in [0.29, 0.717) is 17.2 Å². The first-order chi connectivity index (χ1) is 7.63. The van der Waals surface area contributed by atoms with Gasteiger partial charge in [-0.15, -0.1) is 11.3 Å². The summed E-state index contributed by atoms with van der Waals surface area (Å²) in [6.45, 7) is 4.93. The fraction of sp³-hybridized carbons (Fsp3) is 0.455. The van der Waals surface area contributed by atoms with Crippen LogP contribution in [0.3, 0.4) is 0 Å². The summed E-state index contributed by atoms with van der Waals surface area (Å²) in [4.78, 5) is 15.2. The average Bonchev–Trinajstić information content (AvgIpc) is 2.71. The molecule has 2 aromatic heterocycles. The van der Waals surface area contributed by atoms with Crippen molar-refractivity contribution < 1.29 is 0 Å². The molecular weight excluding hydrogens is 240 g/mol. The summed E-state index contributed by atoms with van der Waals surface area (Å²) in [6, 6.07) is 1.89. The minimum absolute atomic E-state index is 0.0362. The molecule has 1 atom stereocenters. The van der Waals surface area contributed by atoms with E-state index in [1.807, 2.05) is 11.4 Å². The number of fused-ring (bicyclic) bond motifs is 1. The molecule has 0 aliphatic carbocycles. The van der Waals surface area contributed by atoms with Crippen LogP contribution in [0.25, 0.3) is 10.2 Å². The lowest BCUT2D eigenvalue weighted by Gasteiger charge is -2.11. The van der Waals surface area contributed by atoms with Crippen LogP contribution in [0, 0.1) is 10.7 Å². The second-order valence-corrected chi connectivity index (χ2v) is 5.33. The first kappa shape index (κ1) is 11.5. The first-order valence-electron chi connectivity index (χ1n) is 5.33. The summed E-state index contributed by atoms with van der Waals surface area (Å²) >= 11 is 6.67. The molecule has 0 bridgehead atoms. The highest BCUT2D eigenvalue weighted by Crippen LogP contribution is 2.14. The maximum atomic E-state index is 12.1. The van der Waals surface area contributed by atoms with Crippen LogP contribution < -0.4 is 5.56 Å². The monoisotopic (exact) mass is 254 g/mol. The van der Waals surface area contributed by atoms with Crippen LogP contribution in [0.2, 0.25) is 0 Å². The average molecular weight is 254 g/mol. The highest BCUT2D eigenvalue weighted by Gasteiger charge is 2.08. The maximum Gasteiger partial charge on any atom is 0.272 e. The van der Waals surface area contributed by atoms with Gasteiger partial charge in [0.15, 0.2) is 4.77 Å². The number of H-pyrrole nitrogens is 1. The normalized spacial score (nSPS) is 13.1. The summed E-state index contributed by atoms with van der Waals surface area (Å²) in [6.07, 6.45) is 1.05. The molecule has 0 aliphatic heterocycles. The lowest BCUT2D eigenvalue weighted by Crippen LogP contribution is -2.24. The molecule has 0 fully saturated rings. The maximum absolute atomic E-state index is 12.1. The van der Waals surface area contributed by atoms with Crippen LogP contribution in [-0.4, -0.2) is 9.55 Å². The second-order valence-electron chi connectivity index (χ2n) is 4.02. The third-order valence-electron chi connectivity index (χ3n) is 2.78. The van der Waals surface area contributed by atoms with Gasteiger partial charge in [-0.1, -0.05) is 20.3 Å². The van der Waals surface area contributed by atoms with Gasteiger partial charge in [-0.2, -0.15) is 0 Å². The lowest BCUT2D eigenvalue weighted by atomic mass is 10.1. The molecule has 1 unspecified atom stereocenters. The van der Waals surface area contributed by atoms with Gasteiger partial charge in [-0.25, -0.2) is 0 Å². The van der Waals surface area contributed by atoms with Crippen LogP contribution >= 0.6 is 23.6 Å². The zero-order chi connectivity index (χ0) is 11.7. The Hall–Kier alpha value is -0.940. The Morgan fingerprint density at radius 1 is 1.62 bits per heavy atom. The van der Waals surface area contributed by atoms with E-state index < -0.39 is 0 Å². The van der Waals surface area contributed by atoms with Crippen molar-refractivity contribution in [1.82, 2.24) is 9.55 Å². The Morgan fingerprint density at radius 3 is 3.06 bits per heavy atom. The van der Waals surface area contributed by atoms with Gasteiger partial charge in [0.1, 0.15) is 4.70 Å². The van der Waals surface area contributed by atoms with Crippen molar-refractivity contribution in [2.45, 2.75) is 26.8 Å². The molecule has 86 valence electrons. The standard InChI is InChI=1S/C11H14N2OS2/c1-3-7(2)6-13-10(14)9-8(4-5-16-9)12-11(13)15/h4-5,7H,3,6H2,1-2H3,(H,12,15). The molecule has 2 rings (SSSR count). The van der Waals surface area contributed by atoms with Crippen molar-refractivity contribution >= 4 is 33.8 Å². The SMILES string of the molecule is CCC(C)Cn1c(=S)[nH]c2ccsc2c1=O. The first-order valence-corrected chi connectivity index (χ1v) is 6.62. The molecule has 16 heavy (non-hydrogen) atoms. The highest BCUT2D eigenvalue weighted by molar-refractivity contribution is 7.71. The molecule has 2 heterocycles. The summed E-state index contributed by atoms with van der Waals surface area (Å²) in [7, 11) is 0. The summed E-state index contributed by atoms with van der Waals surface area (Å²) in [5, 5.41) is 1.91. The van der Waals surface area contributed by atoms with Crippen molar-refractivity contribution in [3.05, 3.63) is 26.6 Å². The van der Waals surface area contributed by atoms with E-state index in [2.05, 4.69) is 18.8 Å².